The molecule has 0 saturated carbocycles. The summed E-state index contributed by atoms with van der Waals surface area (Å²) in [5.74, 6) is -2.41. The Bertz CT molecular complexity index is 1220. The maximum Gasteiger partial charge on any atom is 0.417 e. The van der Waals surface area contributed by atoms with E-state index in [2.05, 4.69) is 10.3 Å². The van der Waals surface area contributed by atoms with E-state index in [0.717, 1.165) is 27.2 Å². The third kappa shape index (κ3) is 7.79. The molecule has 2 aromatic carbocycles. The maximum atomic E-state index is 12.6. The van der Waals surface area contributed by atoms with Crippen molar-refractivity contribution >= 4 is 30.0 Å². The molecule has 11 heteroatoms. The number of fused-ring (bicyclic) bond motifs is 3. The Labute approximate surface area is 227 Å². The van der Waals surface area contributed by atoms with Crippen LogP contribution in [0.15, 0.2) is 53.5 Å². The zero-order valence-electron chi connectivity index (χ0n) is 22.5. The molecule has 0 aromatic heterocycles. The van der Waals surface area contributed by atoms with Crippen molar-refractivity contribution in [1.82, 2.24) is 10.2 Å². The lowest BCUT2D eigenvalue weighted by Crippen LogP contribution is -2.46. The maximum absolute atomic E-state index is 12.6. The largest absolute Gasteiger partial charge is 0.480 e. The molecule has 0 saturated heterocycles. The van der Waals surface area contributed by atoms with E-state index in [1.165, 1.54) is 6.92 Å². The molecule has 3 amide bonds. The standard InChI is InChI=1S/C28H34N4O7/c1-17(33)30-25(29)32(27(37)39-28(2,3)4)15-9-14-23(24(34)35)31-26(36)38-16-22-20-12-7-5-10-18(20)19-11-6-8-13-21(19)22/h5-8,10-13,22-23H,9,14-16H2,1-4H3,(H,31,36)(H,34,35)(H2,29,30,33). The van der Waals surface area contributed by atoms with Gasteiger partial charge >= 0.3 is 18.2 Å². The van der Waals surface area contributed by atoms with Crippen molar-refractivity contribution in [2.75, 3.05) is 13.2 Å². The van der Waals surface area contributed by atoms with Crippen molar-refractivity contribution < 1.29 is 33.8 Å². The van der Waals surface area contributed by atoms with E-state index in [1.807, 2.05) is 48.5 Å². The van der Waals surface area contributed by atoms with Crippen molar-refractivity contribution in [3.8, 4) is 11.1 Å². The molecule has 1 aliphatic rings. The molecule has 4 N–H and O–H groups in total. The van der Waals surface area contributed by atoms with Crippen LogP contribution < -0.4 is 11.1 Å². The number of nitrogens with two attached hydrogens (primary N) is 1. The van der Waals surface area contributed by atoms with Crippen LogP contribution in [0.4, 0.5) is 9.59 Å². The second-order valence-corrected chi connectivity index (χ2v) is 10.1. The average Bonchev–Trinajstić information content (AvgIpc) is 3.16. The molecule has 2 aromatic rings. The van der Waals surface area contributed by atoms with Crippen molar-refractivity contribution in [2.24, 2.45) is 10.7 Å². The number of alkyl carbamates (subject to hydrolysis) is 1. The van der Waals surface area contributed by atoms with E-state index in [4.69, 9.17) is 15.2 Å². The molecule has 39 heavy (non-hydrogen) atoms. The lowest BCUT2D eigenvalue weighted by molar-refractivity contribution is -0.139. The Morgan fingerprint density at radius 3 is 2.13 bits per heavy atom. The number of amides is 3. The van der Waals surface area contributed by atoms with Crippen LogP contribution in [0.1, 0.15) is 57.6 Å². The van der Waals surface area contributed by atoms with Gasteiger partial charge in [0.15, 0.2) is 0 Å². The number of rotatable bonds is 8. The number of carboxylic acid groups (broad SMARTS) is 1. The fourth-order valence-electron chi connectivity index (χ4n) is 4.33. The highest BCUT2D eigenvalue weighted by Crippen LogP contribution is 2.44. The van der Waals surface area contributed by atoms with Crippen molar-refractivity contribution in [3.05, 3.63) is 59.7 Å². The summed E-state index contributed by atoms with van der Waals surface area (Å²) in [5.41, 5.74) is 9.20. The van der Waals surface area contributed by atoms with Crippen LogP contribution in [0, 0.1) is 0 Å². The molecule has 208 valence electrons. The second-order valence-electron chi connectivity index (χ2n) is 10.1. The summed E-state index contributed by atoms with van der Waals surface area (Å²) in [6.07, 6.45) is -1.65. The van der Waals surface area contributed by atoms with E-state index < -0.39 is 35.7 Å². The number of guanidine groups is 1. The summed E-state index contributed by atoms with van der Waals surface area (Å²) in [6, 6.07) is 14.5. The molecular weight excluding hydrogens is 504 g/mol. The highest BCUT2D eigenvalue weighted by atomic mass is 16.6. The predicted molar refractivity (Wildman–Crippen MR) is 144 cm³/mol. The molecule has 0 radical (unpaired) electrons. The van der Waals surface area contributed by atoms with E-state index in [1.54, 1.807) is 20.8 Å². The summed E-state index contributed by atoms with van der Waals surface area (Å²) in [6.45, 7) is 6.13. The number of ether oxygens (including phenoxy) is 2. The van der Waals surface area contributed by atoms with Gasteiger partial charge in [-0.2, -0.15) is 4.99 Å². The van der Waals surface area contributed by atoms with Gasteiger partial charge in [0, 0.05) is 19.4 Å². The first-order chi connectivity index (χ1) is 18.4. The van der Waals surface area contributed by atoms with Crippen molar-refractivity contribution in [2.45, 2.75) is 58.1 Å². The molecule has 11 nitrogen and oxygen atoms in total. The predicted octanol–water partition coefficient (Wildman–Crippen LogP) is 3.86. The third-order valence-electron chi connectivity index (χ3n) is 5.97. The highest BCUT2D eigenvalue weighted by molar-refractivity contribution is 5.99. The van der Waals surface area contributed by atoms with Crippen LogP contribution >= 0.6 is 0 Å². The van der Waals surface area contributed by atoms with Gasteiger partial charge in [0.2, 0.25) is 11.9 Å². The molecule has 3 rings (SSSR count). The van der Waals surface area contributed by atoms with Gasteiger partial charge in [-0.3, -0.25) is 4.79 Å². The van der Waals surface area contributed by atoms with Gasteiger partial charge in [0.05, 0.1) is 0 Å². The number of carbonyl (C=O) groups is 4. The minimum atomic E-state index is -1.29. The number of hydrogen-bond acceptors (Lipinski definition) is 6. The lowest BCUT2D eigenvalue weighted by Gasteiger charge is -2.27. The third-order valence-corrected chi connectivity index (χ3v) is 5.97. The number of hydrogen-bond donors (Lipinski definition) is 3. The van der Waals surface area contributed by atoms with E-state index >= 15 is 0 Å². The normalized spacial score (nSPS) is 13.6. The number of benzene rings is 2. The number of carbonyl (C=O) groups excluding carboxylic acids is 3. The van der Waals surface area contributed by atoms with Gasteiger partial charge < -0.3 is 25.6 Å². The second kappa shape index (κ2) is 12.4. The SMILES string of the molecule is CC(=O)N=C(N)N(CCCC(NC(=O)OCC1c2ccccc2-c2ccccc21)C(=O)O)C(=O)OC(C)(C)C. The Morgan fingerprint density at radius 2 is 1.62 bits per heavy atom. The van der Waals surface area contributed by atoms with Crippen molar-refractivity contribution in [1.29, 1.82) is 0 Å². The van der Waals surface area contributed by atoms with Gasteiger partial charge in [0.25, 0.3) is 0 Å². The Hall–Kier alpha value is -4.41. The zero-order valence-corrected chi connectivity index (χ0v) is 22.5. The first-order valence-corrected chi connectivity index (χ1v) is 12.6. The molecule has 1 atom stereocenters. The monoisotopic (exact) mass is 538 g/mol. The number of aliphatic imine (C=N–C) groups is 1. The van der Waals surface area contributed by atoms with Gasteiger partial charge in [-0.05, 0) is 55.9 Å². The summed E-state index contributed by atoms with van der Waals surface area (Å²) in [7, 11) is 0. The fraction of sp³-hybridized carbons (Fsp3) is 0.393. The summed E-state index contributed by atoms with van der Waals surface area (Å²) >= 11 is 0. The molecule has 0 bridgehead atoms. The quantitative estimate of drug-likeness (QED) is 0.337. The highest BCUT2D eigenvalue weighted by Gasteiger charge is 2.30. The average molecular weight is 539 g/mol. The van der Waals surface area contributed by atoms with E-state index in [0.29, 0.717) is 0 Å². The fourth-order valence-corrected chi connectivity index (χ4v) is 4.33. The number of nitrogens with one attached hydrogen (secondary N) is 1. The zero-order chi connectivity index (χ0) is 28.7. The van der Waals surface area contributed by atoms with Crippen LogP contribution in [0.3, 0.4) is 0 Å². The smallest absolute Gasteiger partial charge is 0.417 e. The van der Waals surface area contributed by atoms with Crippen molar-refractivity contribution in [3.63, 3.8) is 0 Å². The molecular formula is C28H34N4O7. The minimum Gasteiger partial charge on any atom is -0.480 e. The number of nitrogens with zero attached hydrogens (tertiary/aromatic N) is 2. The Balaban J connectivity index is 1.60. The molecule has 0 aliphatic heterocycles. The first-order valence-electron chi connectivity index (χ1n) is 12.6. The molecule has 1 aliphatic carbocycles. The number of carboxylic acids is 1. The summed E-state index contributed by atoms with van der Waals surface area (Å²) < 4.78 is 10.8. The molecule has 0 heterocycles. The van der Waals surface area contributed by atoms with E-state index in [9.17, 15) is 24.3 Å². The molecule has 1 unspecified atom stereocenters. The lowest BCUT2D eigenvalue weighted by atomic mass is 9.98. The van der Waals surface area contributed by atoms with Crippen LogP contribution in [0.5, 0.6) is 0 Å². The summed E-state index contributed by atoms with van der Waals surface area (Å²) in [5, 5.41) is 12.0. The first kappa shape index (κ1) is 29.2. The Kier molecular flexibility index (Phi) is 9.29. The van der Waals surface area contributed by atoms with Gasteiger partial charge in [0.1, 0.15) is 18.2 Å². The Morgan fingerprint density at radius 1 is 1.05 bits per heavy atom. The van der Waals surface area contributed by atoms with Crippen LogP contribution in [-0.2, 0) is 19.1 Å². The molecule has 0 fully saturated rings. The van der Waals surface area contributed by atoms with Crippen LogP contribution in [-0.4, -0.2) is 64.8 Å². The summed E-state index contributed by atoms with van der Waals surface area (Å²) in [4.78, 5) is 52.9. The minimum absolute atomic E-state index is 0.0384. The van der Waals surface area contributed by atoms with Gasteiger partial charge in [-0.25, -0.2) is 19.3 Å². The van der Waals surface area contributed by atoms with Crippen LogP contribution in [0.2, 0.25) is 0 Å². The number of aliphatic carboxylic acids is 1. The molecule has 0 spiro atoms. The topological polar surface area (TPSA) is 161 Å². The van der Waals surface area contributed by atoms with Gasteiger partial charge in [-0.15, -0.1) is 0 Å². The van der Waals surface area contributed by atoms with Gasteiger partial charge in [-0.1, -0.05) is 48.5 Å². The van der Waals surface area contributed by atoms with Crippen LogP contribution in [0.25, 0.3) is 11.1 Å². The van der Waals surface area contributed by atoms with E-state index in [-0.39, 0.29) is 37.9 Å².